The molecule has 0 aliphatic rings. The molecule has 0 bridgehead atoms. The lowest BCUT2D eigenvalue weighted by Crippen LogP contribution is -2.23. The van der Waals surface area contributed by atoms with Gasteiger partial charge in [-0.2, -0.15) is 0 Å². The molecule has 0 fully saturated rings. The summed E-state index contributed by atoms with van der Waals surface area (Å²) in [5.41, 5.74) is 3.10. The summed E-state index contributed by atoms with van der Waals surface area (Å²) in [6.07, 6.45) is 9.22. The average molecular weight is 267 g/mol. The van der Waals surface area contributed by atoms with Crippen molar-refractivity contribution in [1.82, 2.24) is 24.3 Å². The normalized spacial score (nSPS) is 12.9. The molecule has 0 aliphatic carbocycles. The molecule has 1 atom stereocenters. The minimum Gasteiger partial charge on any atom is -0.300 e. The Kier molecular flexibility index (Phi) is 3.43. The summed E-state index contributed by atoms with van der Waals surface area (Å²) in [7, 11) is 2.10. The molecular formula is C15H17N5. The summed E-state index contributed by atoms with van der Waals surface area (Å²) in [4.78, 5) is 15.1. The van der Waals surface area contributed by atoms with Gasteiger partial charge in [-0.1, -0.05) is 6.07 Å². The molecule has 0 unspecified atom stereocenters. The first-order valence-corrected chi connectivity index (χ1v) is 6.63. The van der Waals surface area contributed by atoms with Crippen LogP contribution in [0, 0.1) is 0 Å². The van der Waals surface area contributed by atoms with Crippen LogP contribution in [0.1, 0.15) is 24.4 Å². The van der Waals surface area contributed by atoms with Crippen LogP contribution in [0.4, 0.5) is 0 Å². The van der Waals surface area contributed by atoms with Crippen molar-refractivity contribution in [2.24, 2.45) is 0 Å². The number of fused-ring (bicyclic) bond motifs is 1. The van der Waals surface area contributed by atoms with Gasteiger partial charge in [-0.15, -0.1) is 0 Å². The van der Waals surface area contributed by atoms with E-state index in [0.29, 0.717) is 0 Å². The second-order valence-corrected chi connectivity index (χ2v) is 4.90. The van der Waals surface area contributed by atoms with Gasteiger partial charge >= 0.3 is 0 Å². The van der Waals surface area contributed by atoms with Gasteiger partial charge in [-0.25, -0.2) is 4.98 Å². The van der Waals surface area contributed by atoms with E-state index in [1.165, 1.54) is 0 Å². The minimum absolute atomic E-state index is 0.253. The van der Waals surface area contributed by atoms with Gasteiger partial charge in [0.1, 0.15) is 0 Å². The van der Waals surface area contributed by atoms with Crippen molar-refractivity contribution in [3.05, 3.63) is 60.6 Å². The van der Waals surface area contributed by atoms with E-state index in [1.54, 1.807) is 12.4 Å². The molecule has 3 heterocycles. The van der Waals surface area contributed by atoms with Gasteiger partial charge in [0.05, 0.1) is 23.8 Å². The van der Waals surface area contributed by atoms with Crippen molar-refractivity contribution >= 4 is 5.65 Å². The summed E-state index contributed by atoms with van der Waals surface area (Å²) < 4.78 is 2.06. The molecule has 5 heteroatoms. The van der Waals surface area contributed by atoms with E-state index in [1.807, 2.05) is 30.7 Å². The highest BCUT2D eigenvalue weighted by molar-refractivity contribution is 5.36. The molecule has 3 aromatic rings. The second kappa shape index (κ2) is 5.38. The number of hydrogen-bond donors (Lipinski definition) is 0. The number of imidazole rings is 1. The van der Waals surface area contributed by atoms with E-state index in [2.05, 4.69) is 44.3 Å². The maximum atomic E-state index is 4.42. The zero-order chi connectivity index (χ0) is 13.9. The predicted molar refractivity (Wildman–Crippen MR) is 77.1 cm³/mol. The Morgan fingerprint density at radius 1 is 1.20 bits per heavy atom. The first-order valence-electron chi connectivity index (χ1n) is 6.63. The Hall–Kier alpha value is -2.27. The predicted octanol–water partition coefficient (Wildman–Crippen LogP) is 2.32. The smallest absolute Gasteiger partial charge is 0.155 e. The van der Waals surface area contributed by atoms with Gasteiger partial charge in [-0.3, -0.25) is 19.3 Å². The molecule has 102 valence electrons. The highest BCUT2D eigenvalue weighted by Crippen LogP contribution is 2.18. The van der Waals surface area contributed by atoms with E-state index in [4.69, 9.17) is 0 Å². The molecule has 3 rings (SSSR count). The Balaban J connectivity index is 1.80. The maximum absolute atomic E-state index is 4.42. The Morgan fingerprint density at radius 2 is 2.10 bits per heavy atom. The fraction of sp³-hybridized carbons (Fsp3) is 0.267. The van der Waals surface area contributed by atoms with Gasteiger partial charge in [0.15, 0.2) is 5.65 Å². The summed E-state index contributed by atoms with van der Waals surface area (Å²) in [6.45, 7) is 2.97. The van der Waals surface area contributed by atoms with Crippen LogP contribution in [0.15, 0.2) is 49.2 Å². The molecule has 20 heavy (non-hydrogen) atoms. The SMILES string of the molecule is C[C@@H](c1ccccn1)N(C)Cc1cnc2cnccn12. The van der Waals surface area contributed by atoms with E-state index in [0.717, 1.165) is 23.6 Å². The molecule has 0 radical (unpaired) electrons. The third kappa shape index (κ3) is 2.40. The van der Waals surface area contributed by atoms with Gasteiger partial charge in [0, 0.05) is 31.2 Å². The molecule has 0 N–H and O–H groups in total. The van der Waals surface area contributed by atoms with Crippen molar-refractivity contribution in [2.45, 2.75) is 19.5 Å². The number of aromatic nitrogens is 4. The zero-order valence-corrected chi connectivity index (χ0v) is 11.6. The molecule has 0 saturated carbocycles. The average Bonchev–Trinajstić information content (AvgIpc) is 2.91. The topological polar surface area (TPSA) is 46.3 Å². The van der Waals surface area contributed by atoms with E-state index in [9.17, 15) is 0 Å². The molecule has 5 nitrogen and oxygen atoms in total. The van der Waals surface area contributed by atoms with Gasteiger partial charge in [0.2, 0.25) is 0 Å². The lowest BCUT2D eigenvalue weighted by atomic mass is 10.2. The van der Waals surface area contributed by atoms with Crippen LogP contribution >= 0.6 is 0 Å². The van der Waals surface area contributed by atoms with E-state index >= 15 is 0 Å². The second-order valence-electron chi connectivity index (χ2n) is 4.90. The van der Waals surface area contributed by atoms with E-state index < -0.39 is 0 Å². The quantitative estimate of drug-likeness (QED) is 0.728. The van der Waals surface area contributed by atoms with Crippen LogP contribution in [-0.2, 0) is 6.54 Å². The summed E-state index contributed by atoms with van der Waals surface area (Å²) in [5.74, 6) is 0. The standard InChI is InChI=1S/C15H17N5/c1-12(14-5-3-4-6-17-14)19(2)11-13-9-18-15-10-16-7-8-20(13)15/h3-10,12H,11H2,1-2H3/t12-/m0/s1. The number of nitrogens with zero attached hydrogens (tertiary/aromatic N) is 5. The van der Waals surface area contributed by atoms with Crippen molar-refractivity contribution in [3.63, 3.8) is 0 Å². The highest BCUT2D eigenvalue weighted by Gasteiger charge is 2.14. The number of rotatable bonds is 4. The van der Waals surface area contributed by atoms with Crippen molar-refractivity contribution in [3.8, 4) is 0 Å². The molecule has 0 spiro atoms. The lowest BCUT2D eigenvalue weighted by Gasteiger charge is -2.23. The van der Waals surface area contributed by atoms with Crippen molar-refractivity contribution in [2.75, 3.05) is 7.05 Å². The van der Waals surface area contributed by atoms with Crippen LogP contribution in [0.2, 0.25) is 0 Å². The Bertz CT molecular complexity index is 692. The highest BCUT2D eigenvalue weighted by atomic mass is 15.2. The maximum Gasteiger partial charge on any atom is 0.155 e. The van der Waals surface area contributed by atoms with Crippen LogP contribution in [0.5, 0.6) is 0 Å². The molecular weight excluding hydrogens is 250 g/mol. The third-order valence-corrected chi connectivity index (χ3v) is 3.58. The van der Waals surface area contributed by atoms with E-state index in [-0.39, 0.29) is 6.04 Å². The summed E-state index contributed by atoms with van der Waals surface area (Å²) in [5, 5.41) is 0. The fourth-order valence-corrected chi connectivity index (χ4v) is 2.25. The molecule has 0 amide bonds. The third-order valence-electron chi connectivity index (χ3n) is 3.58. The minimum atomic E-state index is 0.253. The van der Waals surface area contributed by atoms with Crippen LogP contribution in [0.25, 0.3) is 5.65 Å². The Labute approximate surface area is 117 Å². The van der Waals surface area contributed by atoms with Crippen molar-refractivity contribution in [1.29, 1.82) is 0 Å². The molecule has 3 aromatic heterocycles. The van der Waals surface area contributed by atoms with Gasteiger partial charge in [0.25, 0.3) is 0 Å². The van der Waals surface area contributed by atoms with Gasteiger partial charge in [-0.05, 0) is 26.1 Å². The Morgan fingerprint density at radius 3 is 2.90 bits per heavy atom. The zero-order valence-electron chi connectivity index (χ0n) is 11.6. The first-order chi connectivity index (χ1) is 9.75. The van der Waals surface area contributed by atoms with Crippen LogP contribution in [-0.4, -0.2) is 31.3 Å². The van der Waals surface area contributed by atoms with Crippen LogP contribution in [0.3, 0.4) is 0 Å². The summed E-state index contributed by atoms with van der Waals surface area (Å²) in [6, 6.07) is 6.27. The monoisotopic (exact) mass is 267 g/mol. The lowest BCUT2D eigenvalue weighted by molar-refractivity contribution is 0.245. The molecule has 0 aliphatic heterocycles. The fourth-order valence-electron chi connectivity index (χ4n) is 2.25. The molecule has 0 aromatic carbocycles. The first kappa shape index (κ1) is 12.7. The number of pyridine rings is 1. The number of hydrogen-bond acceptors (Lipinski definition) is 4. The molecule has 0 saturated heterocycles. The van der Waals surface area contributed by atoms with Crippen molar-refractivity contribution < 1.29 is 0 Å². The largest absolute Gasteiger partial charge is 0.300 e. The van der Waals surface area contributed by atoms with Gasteiger partial charge < -0.3 is 0 Å². The van der Waals surface area contributed by atoms with Crippen LogP contribution < -0.4 is 0 Å². The summed E-state index contributed by atoms with van der Waals surface area (Å²) >= 11 is 0.